The van der Waals surface area contributed by atoms with Crippen molar-refractivity contribution >= 4 is 39.9 Å². The second-order valence-electron chi connectivity index (χ2n) is 7.02. The van der Waals surface area contributed by atoms with E-state index in [0.717, 1.165) is 28.6 Å². The zero-order valence-electron chi connectivity index (χ0n) is 17.2. The fourth-order valence-electron chi connectivity index (χ4n) is 2.77. The Labute approximate surface area is 186 Å². The Balaban J connectivity index is 1.57. The highest BCUT2D eigenvalue weighted by Gasteiger charge is 2.25. The van der Waals surface area contributed by atoms with Gasteiger partial charge in [0.15, 0.2) is 5.13 Å². The number of pyridine rings is 1. The summed E-state index contributed by atoms with van der Waals surface area (Å²) in [4.78, 5) is 32.4. The molecule has 0 aliphatic rings. The van der Waals surface area contributed by atoms with E-state index in [-0.39, 0.29) is 16.7 Å². The van der Waals surface area contributed by atoms with Crippen LogP contribution in [-0.4, -0.2) is 21.9 Å². The standard InChI is InChI=1S/C21H20F3N5O2S/c1-12(30)27-18-9-13(7-8-25-18)3-5-15-11-26-20(32-15)29-19(31)28-17-10-14(21(2,23)24)4-6-16(17)22/h4,6-11H,3,5H2,1-2H3,(H,25,27,30)(H2,26,28,29,31). The van der Waals surface area contributed by atoms with E-state index >= 15 is 0 Å². The maximum Gasteiger partial charge on any atom is 0.325 e. The lowest BCUT2D eigenvalue weighted by molar-refractivity contribution is -0.114. The number of hydrogen-bond acceptors (Lipinski definition) is 5. The van der Waals surface area contributed by atoms with E-state index in [9.17, 15) is 22.8 Å². The van der Waals surface area contributed by atoms with Crippen LogP contribution < -0.4 is 16.0 Å². The van der Waals surface area contributed by atoms with Gasteiger partial charge in [-0.15, -0.1) is 11.3 Å². The first-order valence-corrected chi connectivity index (χ1v) is 10.3. The predicted molar refractivity (Wildman–Crippen MR) is 117 cm³/mol. The van der Waals surface area contributed by atoms with Crippen LogP contribution in [0.1, 0.15) is 29.9 Å². The van der Waals surface area contributed by atoms with Gasteiger partial charge in [0.2, 0.25) is 5.91 Å². The molecule has 2 aromatic heterocycles. The van der Waals surface area contributed by atoms with E-state index in [1.165, 1.54) is 18.3 Å². The number of benzene rings is 1. The van der Waals surface area contributed by atoms with E-state index in [4.69, 9.17) is 0 Å². The van der Waals surface area contributed by atoms with Gasteiger partial charge in [0, 0.05) is 36.7 Å². The van der Waals surface area contributed by atoms with Crippen molar-refractivity contribution < 1.29 is 22.8 Å². The normalized spacial score (nSPS) is 11.2. The second kappa shape index (κ2) is 9.77. The number of aryl methyl sites for hydroxylation is 2. The number of hydrogen-bond donors (Lipinski definition) is 3. The van der Waals surface area contributed by atoms with Crippen molar-refractivity contribution in [1.82, 2.24) is 9.97 Å². The first-order valence-electron chi connectivity index (χ1n) is 9.53. The molecule has 0 unspecified atom stereocenters. The summed E-state index contributed by atoms with van der Waals surface area (Å²) in [6, 6.07) is 5.55. The summed E-state index contributed by atoms with van der Waals surface area (Å²) in [5.74, 6) is -3.73. The molecule has 0 saturated heterocycles. The number of aromatic nitrogens is 2. The molecule has 0 atom stereocenters. The van der Waals surface area contributed by atoms with E-state index in [0.29, 0.717) is 25.6 Å². The predicted octanol–water partition coefficient (Wildman–Crippen LogP) is 5.18. The third kappa shape index (κ3) is 6.51. The summed E-state index contributed by atoms with van der Waals surface area (Å²) in [6.07, 6.45) is 4.50. The molecule has 3 N–H and O–H groups in total. The zero-order chi connectivity index (χ0) is 23.3. The van der Waals surface area contributed by atoms with Crippen LogP contribution in [0.3, 0.4) is 0 Å². The molecular weight excluding hydrogens is 443 g/mol. The van der Waals surface area contributed by atoms with Crippen molar-refractivity contribution in [2.45, 2.75) is 32.6 Å². The van der Waals surface area contributed by atoms with Gasteiger partial charge in [-0.1, -0.05) is 6.07 Å². The van der Waals surface area contributed by atoms with Gasteiger partial charge in [-0.2, -0.15) is 0 Å². The maximum absolute atomic E-state index is 13.9. The number of urea groups is 1. The van der Waals surface area contributed by atoms with Crippen molar-refractivity contribution in [3.63, 3.8) is 0 Å². The number of alkyl halides is 2. The first kappa shape index (κ1) is 23.2. The summed E-state index contributed by atoms with van der Waals surface area (Å²) in [7, 11) is 0. The topological polar surface area (TPSA) is 96.0 Å². The van der Waals surface area contributed by atoms with Gasteiger partial charge in [0.1, 0.15) is 11.6 Å². The summed E-state index contributed by atoms with van der Waals surface area (Å²) >= 11 is 1.24. The molecule has 168 valence electrons. The molecule has 7 nitrogen and oxygen atoms in total. The van der Waals surface area contributed by atoms with Crippen LogP contribution in [0.15, 0.2) is 42.7 Å². The molecular formula is C21H20F3N5O2S. The van der Waals surface area contributed by atoms with Crippen molar-refractivity contribution in [3.05, 3.63) is 64.5 Å². The number of nitrogens with one attached hydrogen (secondary N) is 3. The minimum atomic E-state index is -3.16. The lowest BCUT2D eigenvalue weighted by Gasteiger charge is -2.13. The lowest BCUT2D eigenvalue weighted by Crippen LogP contribution is -2.20. The summed E-state index contributed by atoms with van der Waals surface area (Å²) in [6.45, 7) is 2.09. The van der Waals surface area contributed by atoms with Gasteiger partial charge >= 0.3 is 6.03 Å². The highest BCUT2D eigenvalue weighted by atomic mass is 32.1. The Morgan fingerprint density at radius 2 is 1.84 bits per heavy atom. The second-order valence-corrected chi connectivity index (χ2v) is 8.14. The smallest absolute Gasteiger partial charge is 0.311 e. The molecule has 0 radical (unpaired) electrons. The van der Waals surface area contributed by atoms with Crippen LogP contribution in [0.25, 0.3) is 0 Å². The maximum atomic E-state index is 13.9. The van der Waals surface area contributed by atoms with Gasteiger partial charge in [-0.05, 0) is 42.7 Å². The largest absolute Gasteiger partial charge is 0.325 e. The molecule has 0 saturated carbocycles. The molecule has 0 fully saturated rings. The molecule has 2 heterocycles. The molecule has 11 heteroatoms. The zero-order valence-corrected chi connectivity index (χ0v) is 18.0. The van der Waals surface area contributed by atoms with Crippen LogP contribution >= 0.6 is 11.3 Å². The summed E-state index contributed by atoms with van der Waals surface area (Å²) < 4.78 is 40.8. The molecule has 0 aliphatic heterocycles. The monoisotopic (exact) mass is 463 g/mol. The Hall–Kier alpha value is -3.47. The number of nitrogens with zero attached hydrogens (tertiary/aromatic N) is 2. The Morgan fingerprint density at radius 3 is 2.56 bits per heavy atom. The molecule has 32 heavy (non-hydrogen) atoms. The van der Waals surface area contributed by atoms with Gasteiger partial charge in [0.05, 0.1) is 5.69 Å². The number of amides is 3. The van der Waals surface area contributed by atoms with Crippen molar-refractivity contribution in [1.29, 1.82) is 0 Å². The van der Waals surface area contributed by atoms with Gasteiger partial charge in [0.25, 0.3) is 5.92 Å². The number of anilines is 3. The molecule has 3 amide bonds. The van der Waals surface area contributed by atoms with E-state index in [1.54, 1.807) is 18.5 Å². The van der Waals surface area contributed by atoms with Crippen molar-refractivity contribution in [3.8, 4) is 0 Å². The Morgan fingerprint density at radius 1 is 1.06 bits per heavy atom. The van der Waals surface area contributed by atoms with Gasteiger partial charge in [-0.25, -0.2) is 27.9 Å². The van der Waals surface area contributed by atoms with Crippen LogP contribution in [0.5, 0.6) is 0 Å². The quantitative estimate of drug-likeness (QED) is 0.450. The Kier molecular flexibility index (Phi) is 7.08. The summed E-state index contributed by atoms with van der Waals surface area (Å²) in [5.41, 5.74) is 0.196. The third-order valence-corrected chi connectivity index (χ3v) is 5.26. The van der Waals surface area contributed by atoms with Crippen molar-refractivity contribution in [2.24, 2.45) is 0 Å². The van der Waals surface area contributed by atoms with Crippen LogP contribution in [0.4, 0.5) is 34.6 Å². The fourth-order valence-corrected chi connectivity index (χ4v) is 3.58. The van der Waals surface area contributed by atoms with E-state index in [2.05, 4.69) is 25.9 Å². The fraction of sp³-hybridized carbons (Fsp3) is 0.238. The number of rotatable bonds is 7. The lowest BCUT2D eigenvalue weighted by atomic mass is 10.1. The summed E-state index contributed by atoms with van der Waals surface area (Å²) in [5, 5.41) is 7.60. The first-order chi connectivity index (χ1) is 15.1. The number of carbonyl (C=O) groups is 2. The highest BCUT2D eigenvalue weighted by molar-refractivity contribution is 7.15. The van der Waals surface area contributed by atoms with Crippen molar-refractivity contribution in [2.75, 3.05) is 16.0 Å². The van der Waals surface area contributed by atoms with Gasteiger partial charge in [-0.3, -0.25) is 10.1 Å². The highest BCUT2D eigenvalue weighted by Crippen LogP contribution is 2.30. The molecule has 3 aromatic rings. The average molecular weight is 463 g/mol. The van der Waals surface area contributed by atoms with Crippen LogP contribution in [0.2, 0.25) is 0 Å². The Bertz CT molecular complexity index is 1130. The number of thiazole rings is 1. The van der Waals surface area contributed by atoms with E-state index in [1.807, 2.05) is 6.07 Å². The van der Waals surface area contributed by atoms with Crippen LogP contribution in [-0.2, 0) is 23.6 Å². The molecule has 0 spiro atoms. The third-order valence-electron chi connectivity index (χ3n) is 4.28. The minimum Gasteiger partial charge on any atom is -0.311 e. The number of carbonyl (C=O) groups excluding carboxylic acids is 2. The minimum absolute atomic E-state index is 0.207. The molecule has 3 rings (SSSR count). The van der Waals surface area contributed by atoms with Gasteiger partial charge < -0.3 is 10.6 Å². The molecule has 0 bridgehead atoms. The molecule has 0 aliphatic carbocycles. The number of halogens is 3. The molecule has 1 aromatic carbocycles. The van der Waals surface area contributed by atoms with Crippen LogP contribution in [0, 0.1) is 5.82 Å². The average Bonchev–Trinajstić information content (AvgIpc) is 3.14. The van der Waals surface area contributed by atoms with E-state index < -0.39 is 23.3 Å². The SMILES string of the molecule is CC(=O)Nc1cc(CCc2cnc(NC(=O)Nc3cc(C(C)(F)F)ccc3F)s2)ccn1.